The third kappa shape index (κ3) is 3.12. The number of carbonyl (C=O) groups is 2. The molecule has 25 heavy (non-hydrogen) atoms. The largest absolute Gasteiger partial charge is 0.338 e. The van der Waals surface area contributed by atoms with Crippen molar-refractivity contribution in [1.29, 1.82) is 0 Å². The fraction of sp³-hybridized carbons (Fsp3) is 0.316. The van der Waals surface area contributed by atoms with E-state index < -0.39 is 0 Å². The van der Waals surface area contributed by atoms with Crippen molar-refractivity contribution in [3.05, 3.63) is 59.4 Å². The van der Waals surface area contributed by atoms with Crippen LogP contribution in [0.3, 0.4) is 0 Å². The topological polar surface area (TPSA) is 62.3 Å². The maximum atomic E-state index is 12.6. The summed E-state index contributed by atoms with van der Waals surface area (Å²) in [6, 6.07) is 10.6. The van der Waals surface area contributed by atoms with E-state index in [0.717, 1.165) is 12.8 Å². The van der Waals surface area contributed by atoms with Gasteiger partial charge in [-0.3, -0.25) is 14.6 Å². The van der Waals surface area contributed by atoms with Crippen molar-refractivity contribution in [2.24, 2.45) is 11.3 Å². The Morgan fingerprint density at radius 2 is 2.04 bits per heavy atom. The summed E-state index contributed by atoms with van der Waals surface area (Å²) in [4.78, 5) is 30.9. The molecule has 0 bridgehead atoms. The summed E-state index contributed by atoms with van der Waals surface area (Å²) >= 11 is 5.88. The number of aromatic nitrogens is 1. The van der Waals surface area contributed by atoms with E-state index in [0.29, 0.717) is 29.4 Å². The number of nitrogens with zero attached hydrogens (tertiary/aromatic N) is 2. The molecule has 4 rings (SSSR count). The average Bonchev–Trinajstić information content (AvgIpc) is 3.16. The molecule has 1 spiro atoms. The summed E-state index contributed by atoms with van der Waals surface area (Å²) in [5.41, 5.74) is 1.29. The van der Waals surface area contributed by atoms with E-state index >= 15 is 0 Å². The molecule has 6 heteroatoms. The molecule has 1 aliphatic heterocycles. The van der Waals surface area contributed by atoms with Crippen molar-refractivity contribution in [3.8, 4) is 0 Å². The summed E-state index contributed by atoms with van der Waals surface area (Å²) in [5, 5.41) is 3.53. The van der Waals surface area contributed by atoms with Gasteiger partial charge >= 0.3 is 0 Å². The molecular weight excluding hydrogens is 338 g/mol. The maximum absolute atomic E-state index is 12.6. The molecule has 2 heterocycles. The molecule has 1 aromatic heterocycles. The zero-order chi connectivity index (χ0) is 17.4. The predicted molar refractivity (Wildman–Crippen MR) is 95.4 cm³/mol. The van der Waals surface area contributed by atoms with Gasteiger partial charge < -0.3 is 10.2 Å². The highest BCUT2D eigenvalue weighted by molar-refractivity contribution is 6.30. The highest BCUT2D eigenvalue weighted by atomic mass is 35.5. The molecule has 128 valence electrons. The molecule has 2 aliphatic rings. The van der Waals surface area contributed by atoms with E-state index in [1.807, 2.05) is 11.0 Å². The van der Waals surface area contributed by atoms with Crippen molar-refractivity contribution in [1.82, 2.24) is 9.88 Å². The Morgan fingerprint density at radius 1 is 1.24 bits per heavy atom. The molecule has 2 amide bonds. The Balaban J connectivity index is 1.39. The van der Waals surface area contributed by atoms with Crippen LogP contribution in [0.4, 0.5) is 5.69 Å². The SMILES string of the molecule is O=C(Nc1cccnc1)[C@@H]1C[C@]12CCN(C(=O)c1ccc(Cl)cc1)C2. The van der Waals surface area contributed by atoms with Crippen LogP contribution in [0.5, 0.6) is 0 Å². The first-order chi connectivity index (χ1) is 12.1. The van der Waals surface area contributed by atoms with E-state index in [2.05, 4.69) is 10.3 Å². The van der Waals surface area contributed by atoms with Gasteiger partial charge in [-0.1, -0.05) is 11.6 Å². The highest BCUT2D eigenvalue weighted by Crippen LogP contribution is 2.58. The Labute approximate surface area is 151 Å². The molecule has 1 aliphatic carbocycles. The normalized spacial score (nSPS) is 24.4. The smallest absolute Gasteiger partial charge is 0.253 e. The van der Waals surface area contributed by atoms with Crippen molar-refractivity contribution < 1.29 is 9.59 Å². The number of halogens is 1. The second-order valence-electron chi connectivity index (χ2n) is 6.83. The minimum Gasteiger partial charge on any atom is -0.338 e. The minimum atomic E-state index is -0.0611. The molecule has 1 aromatic carbocycles. The lowest BCUT2D eigenvalue weighted by Crippen LogP contribution is -2.29. The summed E-state index contributed by atoms with van der Waals surface area (Å²) in [5.74, 6) is -0.00336. The van der Waals surface area contributed by atoms with E-state index in [4.69, 9.17) is 11.6 Å². The zero-order valence-electron chi connectivity index (χ0n) is 13.6. The number of hydrogen-bond acceptors (Lipinski definition) is 3. The van der Waals surface area contributed by atoms with Gasteiger partial charge in [0.05, 0.1) is 11.9 Å². The first-order valence-corrected chi connectivity index (χ1v) is 8.71. The van der Waals surface area contributed by atoms with E-state index in [9.17, 15) is 9.59 Å². The maximum Gasteiger partial charge on any atom is 0.253 e. The van der Waals surface area contributed by atoms with Crippen LogP contribution in [0.2, 0.25) is 5.02 Å². The summed E-state index contributed by atoms with van der Waals surface area (Å²) < 4.78 is 0. The Bertz CT molecular complexity index is 809. The number of rotatable bonds is 3. The Hall–Kier alpha value is -2.40. The number of likely N-dealkylation sites (tertiary alicyclic amines) is 1. The number of nitrogens with one attached hydrogen (secondary N) is 1. The van der Waals surface area contributed by atoms with Gasteiger partial charge in [-0.2, -0.15) is 0 Å². The van der Waals surface area contributed by atoms with Crippen LogP contribution in [-0.4, -0.2) is 34.8 Å². The molecular formula is C19H18ClN3O2. The van der Waals surface area contributed by atoms with Gasteiger partial charge in [-0.05, 0) is 49.2 Å². The molecule has 2 atom stereocenters. The van der Waals surface area contributed by atoms with E-state index in [1.165, 1.54) is 0 Å². The standard InChI is InChI=1S/C19H18ClN3O2/c20-14-5-3-13(4-6-14)18(25)23-9-7-19(12-23)10-16(19)17(24)22-15-2-1-8-21-11-15/h1-6,8,11,16H,7,9-10,12H2,(H,22,24)/t16-,19-/m0/s1. The lowest BCUT2D eigenvalue weighted by atomic mass is 10.0. The third-order valence-corrected chi connectivity index (χ3v) is 5.45. The van der Waals surface area contributed by atoms with Gasteiger partial charge in [0.1, 0.15) is 0 Å². The quantitative estimate of drug-likeness (QED) is 0.919. The van der Waals surface area contributed by atoms with Gasteiger partial charge in [0.15, 0.2) is 0 Å². The van der Waals surface area contributed by atoms with Crippen LogP contribution >= 0.6 is 11.6 Å². The number of anilines is 1. The fourth-order valence-corrected chi connectivity index (χ4v) is 3.81. The second-order valence-corrected chi connectivity index (χ2v) is 7.27. The van der Waals surface area contributed by atoms with Gasteiger partial charge in [0, 0.05) is 41.2 Å². The number of amides is 2. The molecule has 0 radical (unpaired) electrons. The third-order valence-electron chi connectivity index (χ3n) is 5.20. The number of benzene rings is 1. The van der Waals surface area contributed by atoms with Gasteiger partial charge in [-0.25, -0.2) is 0 Å². The van der Waals surface area contributed by atoms with Gasteiger partial charge in [0.2, 0.25) is 5.91 Å². The molecule has 2 fully saturated rings. The van der Waals surface area contributed by atoms with Crippen LogP contribution in [0.1, 0.15) is 23.2 Å². The molecule has 5 nitrogen and oxygen atoms in total. The molecule has 1 saturated heterocycles. The second kappa shape index (κ2) is 6.15. The van der Waals surface area contributed by atoms with Crippen molar-refractivity contribution in [2.45, 2.75) is 12.8 Å². The van der Waals surface area contributed by atoms with E-state index in [1.54, 1.807) is 42.7 Å². The summed E-state index contributed by atoms with van der Waals surface area (Å²) in [6.45, 7) is 1.33. The van der Waals surface area contributed by atoms with Crippen LogP contribution in [0.15, 0.2) is 48.8 Å². The van der Waals surface area contributed by atoms with Crippen molar-refractivity contribution in [2.75, 3.05) is 18.4 Å². The van der Waals surface area contributed by atoms with Crippen LogP contribution < -0.4 is 5.32 Å². The van der Waals surface area contributed by atoms with Gasteiger partial charge in [0.25, 0.3) is 5.91 Å². The fourth-order valence-electron chi connectivity index (χ4n) is 3.68. The van der Waals surface area contributed by atoms with Crippen LogP contribution in [0.25, 0.3) is 0 Å². The zero-order valence-corrected chi connectivity index (χ0v) is 14.4. The summed E-state index contributed by atoms with van der Waals surface area (Å²) in [7, 11) is 0. The van der Waals surface area contributed by atoms with Crippen LogP contribution in [0, 0.1) is 11.3 Å². The highest BCUT2D eigenvalue weighted by Gasteiger charge is 2.61. The minimum absolute atomic E-state index is 0.00635. The summed E-state index contributed by atoms with van der Waals surface area (Å²) in [6.07, 6.45) is 5.02. The van der Waals surface area contributed by atoms with Crippen molar-refractivity contribution >= 4 is 29.1 Å². The average molecular weight is 356 g/mol. The molecule has 1 saturated carbocycles. The molecule has 0 unspecified atom stereocenters. The van der Waals surface area contributed by atoms with Crippen molar-refractivity contribution in [3.63, 3.8) is 0 Å². The molecule has 2 aromatic rings. The number of pyridine rings is 1. The number of hydrogen-bond donors (Lipinski definition) is 1. The Kier molecular flexibility index (Phi) is 3.96. The predicted octanol–water partition coefficient (Wildman–Crippen LogP) is 3.23. The lowest BCUT2D eigenvalue weighted by Gasteiger charge is -2.17. The first kappa shape index (κ1) is 16.1. The van der Waals surface area contributed by atoms with E-state index in [-0.39, 0.29) is 23.1 Å². The van der Waals surface area contributed by atoms with Gasteiger partial charge in [-0.15, -0.1) is 0 Å². The molecule has 1 N–H and O–H groups in total. The van der Waals surface area contributed by atoms with Crippen LogP contribution in [-0.2, 0) is 4.79 Å². The number of carbonyl (C=O) groups excluding carboxylic acids is 2. The first-order valence-electron chi connectivity index (χ1n) is 8.33. The monoisotopic (exact) mass is 355 g/mol. The lowest BCUT2D eigenvalue weighted by molar-refractivity contribution is -0.118. The Morgan fingerprint density at radius 3 is 2.76 bits per heavy atom.